The second-order valence-electron chi connectivity index (χ2n) is 6.02. The van der Waals surface area contributed by atoms with Crippen molar-refractivity contribution in [3.05, 3.63) is 30.3 Å². The van der Waals surface area contributed by atoms with Crippen molar-refractivity contribution in [2.75, 3.05) is 52.4 Å². The molecule has 0 atom stereocenters. The molecule has 1 N–H and O–H groups in total. The molecule has 2 fully saturated rings. The summed E-state index contributed by atoms with van der Waals surface area (Å²) < 4.78 is 5.68. The van der Waals surface area contributed by atoms with E-state index in [-0.39, 0.29) is 24.9 Å². The number of para-hydroxylation sites is 1. The second kappa shape index (κ2) is 7.98. The fraction of sp³-hybridized carbons (Fsp3) is 0.471. The number of hydrogen-bond acceptors (Lipinski definition) is 5. The van der Waals surface area contributed by atoms with Crippen LogP contribution >= 0.6 is 0 Å². The van der Waals surface area contributed by atoms with Crippen molar-refractivity contribution in [3.8, 4) is 5.75 Å². The number of hydrogen-bond donors (Lipinski definition) is 1. The van der Waals surface area contributed by atoms with Crippen LogP contribution in [0.3, 0.4) is 0 Å². The molecule has 0 spiro atoms. The van der Waals surface area contributed by atoms with Crippen LogP contribution in [0, 0.1) is 0 Å². The van der Waals surface area contributed by atoms with Crippen LogP contribution in [0.15, 0.2) is 30.3 Å². The van der Waals surface area contributed by atoms with E-state index in [1.807, 2.05) is 30.3 Å². The fourth-order valence-electron chi connectivity index (χ4n) is 2.88. The van der Waals surface area contributed by atoms with Gasteiger partial charge >= 0.3 is 6.03 Å². The molecular weight excluding hydrogens is 324 g/mol. The minimum Gasteiger partial charge on any atom is -0.492 e. The number of nitrogens with zero attached hydrogens (tertiary/aromatic N) is 3. The molecule has 4 amide bonds. The smallest absolute Gasteiger partial charge is 0.325 e. The standard InChI is InChI=1S/C17H22N4O4/c22-15-12-18-17(24)21(15)13-16(23)20-8-6-19(7-9-20)10-11-25-14-4-2-1-3-5-14/h1-5H,6-13H2,(H,18,24). The van der Waals surface area contributed by atoms with Gasteiger partial charge in [-0.15, -0.1) is 0 Å². The van der Waals surface area contributed by atoms with Crippen LogP contribution in [-0.4, -0.2) is 85.0 Å². The Morgan fingerprint density at radius 2 is 1.80 bits per heavy atom. The Morgan fingerprint density at radius 3 is 2.44 bits per heavy atom. The summed E-state index contributed by atoms with van der Waals surface area (Å²) in [4.78, 5) is 40.2. The molecule has 134 valence electrons. The monoisotopic (exact) mass is 346 g/mol. The van der Waals surface area contributed by atoms with Gasteiger partial charge in [0, 0.05) is 32.7 Å². The topological polar surface area (TPSA) is 82.2 Å². The van der Waals surface area contributed by atoms with Crippen LogP contribution in [0.4, 0.5) is 4.79 Å². The Kier molecular flexibility index (Phi) is 5.49. The first kappa shape index (κ1) is 17.2. The van der Waals surface area contributed by atoms with Crippen LogP contribution in [-0.2, 0) is 9.59 Å². The first-order valence-electron chi connectivity index (χ1n) is 8.39. The molecule has 2 saturated heterocycles. The quantitative estimate of drug-likeness (QED) is 0.719. The molecule has 0 bridgehead atoms. The number of benzene rings is 1. The van der Waals surface area contributed by atoms with Gasteiger partial charge < -0.3 is 15.0 Å². The lowest BCUT2D eigenvalue weighted by Crippen LogP contribution is -2.52. The normalized spacial score (nSPS) is 18.4. The largest absolute Gasteiger partial charge is 0.492 e. The summed E-state index contributed by atoms with van der Waals surface area (Å²) >= 11 is 0. The van der Waals surface area contributed by atoms with Gasteiger partial charge in [0.1, 0.15) is 18.9 Å². The number of nitrogens with one attached hydrogen (secondary N) is 1. The third-order valence-corrected chi connectivity index (χ3v) is 4.37. The SMILES string of the molecule is O=C(CN1C(=O)CNC1=O)N1CCN(CCOc2ccccc2)CC1. The van der Waals surface area contributed by atoms with Crippen LogP contribution in [0.2, 0.25) is 0 Å². The number of carbonyl (C=O) groups excluding carboxylic acids is 3. The number of carbonyl (C=O) groups is 3. The molecule has 2 heterocycles. The highest BCUT2D eigenvalue weighted by Crippen LogP contribution is 2.09. The average molecular weight is 346 g/mol. The van der Waals surface area contributed by atoms with E-state index in [1.165, 1.54) is 0 Å². The molecule has 8 heteroatoms. The molecule has 2 aliphatic rings. The van der Waals surface area contributed by atoms with E-state index in [0.717, 1.165) is 30.3 Å². The number of ether oxygens (including phenoxy) is 1. The second-order valence-corrected chi connectivity index (χ2v) is 6.02. The first-order chi connectivity index (χ1) is 12.1. The van der Waals surface area contributed by atoms with Crippen molar-refractivity contribution >= 4 is 17.8 Å². The Morgan fingerprint density at radius 1 is 1.08 bits per heavy atom. The molecule has 0 unspecified atom stereocenters. The number of urea groups is 1. The maximum absolute atomic E-state index is 12.3. The van der Waals surface area contributed by atoms with E-state index < -0.39 is 6.03 Å². The summed E-state index contributed by atoms with van der Waals surface area (Å²) in [6, 6.07) is 9.17. The van der Waals surface area contributed by atoms with Gasteiger partial charge in [0.25, 0.3) is 5.91 Å². The maximum atomic E-state index is 12.3. The van der Waals surface area contributed by atoms with E-state index in [0.29, 0.717) is 19.7 Å². The van der Waals surface area contributed by atoms with Crippen molar-refractivity contribution < 1.29 is 19.1 Å². The molecule has 0 aromatic heterocycles. The predicted octanol–water partition coefficient (Wildman–Crippen LogP) is -0.239. The zero-order valence-corrected chi connectivity index (χ0v) is 14.0. The van der Waals surface area contributed by atoms with E-state index >= 15 is 0 Å². The zero-order chi connectivity index (χ0) is 17.6. The highest BCUT2D eigenvalue weighted by molar-refractivity contribution is 6.04. The Bertz CT molecular complexity index is 613. The molecule has 1 aromatic rings. The predicted molar refractivity (Wildman–Crippen MR) is 90.1 cm³/mol. The van der Waals surface area contributed by atoms with Gasteiger partial charge in [-0.05, 0) is 12.1 Å². The summed E-state index contributed by atoms with van der Waals surface area (Å²) in [5.41, 5.74) is 0. The van der Waals surface area contributed by atoms with Gasteiger partial charge in [0.05, 0.1) is 6.54 Å². The van der Waals surface area contributed by atoms with Gasteiger partial charge in [0.15, 0.2) is 0 Å². The van der Waals surface area contributed by atoms with Crippen LogP contribution in [0.1, 0.15) is 0 Å². The third-order valence-electron chi connectivity index (χ3n) is 4.37. The maximum Gasteiger partial charge on any atom is 0.325 e. The summed E-state index contributed by atoms with van der Waals surface area (Å²) in [5.74, 6) is 0.311. The summed E-state index contributed by atoms with van der Waals surface area (Å²) in [7, 11) is 0. The zero-order valence-electron chi connectivity index (χ0n) is 14.0. The highest BCUT2D eigenvalue weighted by Gasteiger charge is 2.32. The van der Waals surface area contributed by atoms with Crippen molar-refractivity contribution in [3.63, 3.8) is 0 Å². The number of imide groups is 1. The average Bonchev–Trinajstić information content (AvgIpc) is 2.95. The molecule has 0 saturated carbocycles. The molecule has 0 radical (unpaired) electrons. The lowest BCUT2D eigenvalue weighted by atomic mass is 10.3. The van der Waals surface area contributed by atoms with Crippen molar-refractivity contribution in [2.45, 2.75) is 0 Å². The molecule has 3 rings (SSSR count). The van der Waals surface area contributed by atoms with E-state index in [1.54, 1.807) is 4.90 Å². The Labute approximate surface area is 146 Å². The van der Waals surface area contributed by atoms with E-state index in [4.69, 9.17) is 4.74 Å². The molecule has 1 aromatic carbocycles. The fourth-order valence-corrected chi connectivity index (χ4v) is 2.88. The van der Waals surface area contributed by atoms with Crippen LogP contribution in [0.25, 0.3) is 0 Å². The van der Waals surface area contributed by atoms with Crippen molar-refractivity contribution in [2.24, 2.45) is 0 Å². The van der Waals surface area contributed by atoms with Crippen molar-refractivity contribution in [1.82, 2.24) is 20.0 Å². The van der Waals surface area contributed by atoms with E-state index in [2.05, 4.69) is 10.2 Å². The van der Waals surface area contributed by atoms with Gasteiger partial charge in [-0.1, -0.05) is 18.2 Å². The van der Waals surface area contributed by atoms with Gasteiger partial charge in [-0.25, -0.2) is 4.79 Å². The van der Waals surface area contributed by atoms with Gasteiger partial charge in [0.2, 0.25) is 5.91 Å². The summed E-state index contributed by atoms with van der Waals surface area (Å²) in [6.45, 7) is 3.88. The molecule has 25 heavy (non-hydrogen) atoms. The molecule has 0 aliphatic carbocycles. The van der Waals surface area contributed by atoms with E-state index in [9.17, 15) is 14.4 Å². The Balaban J connectivity index is 1.37. The highest BCUT2D eigenvalue weighted by atomic mass is 16.5. The first-order valence-corrected chi connectivity index (χ1v) is 8.39. The molecule has 8 nitrogen and oxygen atoms in total. The molecular formula is C17H22N4O4. The summed E-state index contributed by atoms with van der Waals surface area (Å²) in [5, 5.41) is 2.42. The number of amides is 4. The third kappa shape index (κ3) is 4.48. The minimum atomic E-state index is -0.491. The number of rotatable bonds is 6. The number of piperazine rings is 1. The van der Waals surface area contributed by atoms with Gasteiger partial charge in [-0.3, -0.25) is 19.4 Å². The molecule has 2 aliphatic heterocycles. The van der Waals surface area contributed by atoms with Crippen LogP contribution < -0.4 is 10.1 Å². The van der Waals surface area contributed by atoms with Crippen LogP contribution in [0.5, 0.6) is 5.75 Å². The lowest BCUT2D eigenvalue weighted by Gasteiger charge is -2.35. The summed E-state index contributed by atoms with van der Waals surface area (Å²) in [6.07, 6.45) is 0. The van der Waals surface area contributed by atoms with Crippen molar-refractivity contribution in [1.29, 1.82) is 0 Å². The van der Waals surface area contributed by atoms with Gasteiger partial charge in [-0.2, -0.15) is 0 Å². The minimum absolute atomic E-state index is 0.0265. The Hall–Kier alpha value is -2.61. The lowest BCUT2D eigenvalue weighted by molar-refractivity contribution is -0.137.